The number of nitrogens with one attached hydrogen (secondary N) is 1. The number of nitrogens with zero attached hydrogens (tertiary/aromatic N) is 3. The number of benzene rings is 1. The first kappa shape index (κ1) is 13.3. The summed E-state index contributed by atoms with van der Waals surface area (Å²) in [6.45, 7) is 4.70. The fraction of sp³-hybridized carbons (Fsp3) is 0.357. The summed E-state index contributed by atoms with van der Waals surface area (Å²) in [5.74, 6) is -0.0262. The average molecular weight is 258 g/mol. The van der Waals surface area contributed by atoms with Gasteiger partial charge in [-0.25, -0.2) is 9.67 Å². The summed E-state index contributed by atoms with van der Waals surface area (Å²) in [4.78, 5) is 15.8. The van der Waals surface area contributed by atoms with Crippen LogP contribution in [0.25, 0.3) is 0 Å². The van der Waals surface area contributed by atoms with E-state index in [0.29, 0.717) is 12.1 Å². The monoisotopic (exact) mass is 258 g/mol. The normalized spacial score (nSPS) is 12.1. The molecule has 0 bridgehead atoms. The lowest BCUT2D eigenvalue weighted by atomic mass is 10.1. The highest BCUT2D eigenvalue weighted by molar-refractivity contribution is 5.94. The Morgan fingerprint density at radius 1 is 1.37 bits per heavy atom. The summed E-state index contributed by atoms with van der Waals surface area (Å²) >= 11 is 0. The van der Waals surface area contributed by atoms with Crippen LogP contribution in [0.2, 0.25) is 0 Å². The minimum absolute atomic E-state index is 0.0262. The van der Waals surface area contributed by atoms with Crippen LogP contribution in [0.5, 0.6) is 0 Å². The number of carbonyl (C=O) groups is 1. The predicted octanol–water partition coefficient (Wildman–Crippen LogP) is 1.85. The summed E-state index contributed by atoms with van der Waals surface area (Å²) < 4.78 is 1.74. The summed E-state index contributed by atoms with van der Waals surface area (Å²) in [5.41, 5.74) is 1.77. The predicted molar refractivity (Wildman–Crippen MR) is 72.8 cm³/mol. The summed E-state index contributed by atoms with van der Waals surface area (Å²) in [6, 6.07) is 7.75. The van der Waals surface area contributed by atoms with Crippen LogP contribution in [0.1, 0.15) is 36.2 Å². The smallest absolute Gasteiger partial charge is 0.251 e. The van der Waals surface area contributed by atoms with Gasteiger partial charge < -0.3 is 5.32 Å². The fourth-order valence-corrected chi connectivity index (χ4v) is 1.67. The largest absolute Gasteiger partial charge is 0.350 e. The molecule has 1 heterocycles. The Morgan fingerprint density at radius 3 is 2.68 bits per heavy atom. The van der Waals surface area contributed by atoms with Gasteiger partial charge in [0.1, 0.15) is 12.7 Å². The minimum Gasteiger partial charge on any atom is -0.350 e. The van der Waals surface area contributed by atoms with E-state index in [1.807, 2.05) is 38.1 Å². The molecule has 0 saturated heterocycles. The fourth-order valence-electron chi connectivity index (χ4n) is 1.67. The number of amides is 1. The number of hydrogen-bond acceptors (Lipinski definition) is 3. The Morgan fingerprint density at radius 2 is 2.11 bits per heavy atom. The minimum atomic E-state index is -0.0262. The molecule has 0 aliphatic rings. The van der Waals surface area contributed by atoms with Gasteiger partial charge in [0.05, 0.1) is 6.54 Å². The topological polar surface area (TPSA) is 59.8 Å². The Hall–Kier alpha value is -2.17. The molecule has 1 N–H and O–H groups in total. The second-order valence-corrected chi connectivity index (χ2v) is 4.57. The van der Waals surface area contributed by atoms with Crippen LogP contribution in [-0.4, -0.2) is 26.7 Å². The van der Waals surface area contributed by atoms with Crippen molar-refractivity contribution in [2.75, 3.05) is 0 Å². The third-order valence-electron chi connectivity index (χ3n) is 3.02. The lowest BCUT2D eigenvalue weighted by Gasteiger charge is -2.11. The molecule has 1 aromatic carbocycles. The lowest BCUT2D eigenvalue weighted by Crippen LogP contribution is -2.31. The Labute approximate surface area is 112 Å². The molecule has 0 spiro atoms. The third-order valence-corrected chi connectivity index (χ3v) is 3.02. The van der Waals surface area contributed by atoms with Crippen molar-refractivity contribution < 1.29 is 4.79 Å². The quantitative estimate of drug-likeness (QED) is 0.890. The van der Waals surface area contributed by atoms with Gasteiger partial charge in [0, 0.05) is 11.6 Å². The van der Waals surface area contributed by atoms with Gasteiger partial charge in [-0.1, -0.05) is 19.1 Å². The maximum Gasteiger partial charge on any atom is 0.251 e. The maximum absolute atomic E-state index is 11.9. The molecule has 1 atom stereocenters. The van der Waals surface area contributed by atoms with Crippen LogP contribution in [0.3, 0.4) is 0 Å². The van der Waals surface area contributed by atoms with Crippen molar-refractivity contribution in [3.05, 3.63) is 48.0 Å². The third kappa shape index (κ3) is 3.64. The average Bonchev–Trinajstić information content (AvgIpc) is 2.92. The highest BCUT2D eigenvalue weighted by atomic mass is 16.1. The van der Waals surface area contributed by atoms with E-state index in [0.717, 1.165) is 12.0 Å². The number of rotatable bonds is 5. The van der Waals surface area contributed by atoms with Crippen molar-refractivity contribution >= 4 is 5.91 Å². The van der Waals surface area contributed by atoms with Crippen molar-refractivity contribution in [2.24, 2.45) is 0 Å². The van der Waals surface area contributed by atoms with E-state index in [1.165, 1.54) is 6.33 Å². The second kappa shape index (κ2) is 6.13. The highest BCUT2D eigenvalue weighted by Crippen LogP contribution is 2.06. The molecule has 0 fully saturated rings. The standard InChI is InChI=1S/C14H18N4O/c1-3-11(2)17-14(19)13-6-4-12(5-7-13)8-18-10-15-9-16-18/h4-7,9-11H,3,8H2,1-2H3,(H,17,19). The van der Waals surface area contributed by atoms with Crippen molar-refractivity contribution in [2.45, 2.75) is 32.9 Å². The zero-order valence-corrected chi connectivity index (χ0v) is 11.2. The van der Waals surface area contributed by atoms with Gasteiger partial charge in [-0.05, 0) is 31.0 Å². The zero-order chi connectivity index (χ0) is 13.7. The van der Waals surface area contributed by atoms with E-state index in [1.54, 1.807) is 11.0 Å². The Balaban J connectivity index is 2.00. The van der Waals surface area contributed by atoms with Crippen LogP contribution in [0.15, 0.2) is 36.9 Å². The van der Waals surface area contributed by atoms with Crippen LogP contribution in [-0.2, 0) is 6.54 Å². The first-order valence-electron chi connectivity index (χ1n) is 6.41. The van der Waals surface area contributed by atoms with Gasteiger partial charge in [-0.2, -0.15) is 5.10 Å². The van der Waals surface area contributed by atoms with E-state index in [4.69, 9.17) is 0 Å². The van der Waals surface area contributed by atoms with E-state index in [2.05, 4.69) is 15.4 Å². The summed E-state index contributed by atoms with van der Waals surface area (Å²) in [6.07, 6.45) is 4.10. The van der Waals surface area contributed by atoms with E-state index >= 15 is 0 Å². The van der Waals surface area contributed by atoms with Gasteiger partial charge in [-0.15, -0.1) is 0 Å². The number of aromatic nitrogens is 3. The molecule has 2 rings (SSSR count). The molecular weight excluding hydrogens is 240 g/mol. The molecule has 1 unspecified atom stereocenters. The molecular formula is C14H18N4O. The highest BCUT2D eigenvalue weighted by Gasteiger charge is 2.08. The molecule has 0 aliphatic carbocycles. The molecule has 1 aromatic heterocycles. The van der Waals surface area contributed by atoms with Crippen molar-refractivity contribution in [3.8, 4) is 0 Å². The number of carbonyl (C=O) groups excluding carboxylic acids is 1. The maximum atomic E-state index is 11.9. The molecule has 5 nitrogen and oxygen atoms in total. The molecule has 19 heavy (non-hydrogen) atoms. The molecule has 0 saturated carbocycles. The molecule has 0 radical (unpaired) electrons. The molecule has 5 heteroatoms. The molecule has 1 amide bonds. The second-order valence-electron chi connectivity index (χ2n) is 4.57. The van der Waals surface area contributed by atoms with Crippen LogP contribution < -0.4 is 5.32 Å². The van der Waals surface area contributed by atoms with Crippen molar-refractivity contribution in [1.29, 1.82) is 0 Å². The first-order chi connectivity index (χ1) is 9.19. The van der Waals surface area contributed by atoms with E-state index in [9.17, 15) is 4.79 Å². The summed E-state index contributed by atoms with van der Waals surface area (Å²) in [5, 5.41) is 6.99. The van der Waals surface area contributed by atoms with Gasteiger partial charge in [0.25, 0.3) is 5.91 Å². The van der Waals surface area contributed by atoms with E-state index < -0.39 is 0 Å². The van der Waals surface area contributed by atoms with Crippen molar-refractivity contribution in [1.82, 2.24) is 20.1 Å². The first-order valence-corrected chi connectivity index (χ1v) is 6.41. The van der Waals surface area contributed by atoms with E-state index in [-0.39, 0.29) is 11.9 Å². The van der Waals surface area contributed by atoms with Crippen LogP contribution in [0.4, 0.5) is 0 Å². The Bertz CT molecular complexity index is 519. The molecule has 100 valence electrons. The van der Waals surface area contributed by atoms with Gasteiger partial charge in [-0.3, -0.25) is 4.79 Å². The van der Waals surface area contributed by atoms with Crippen LogP contribution >= 0.6 is 0 Å². The van der Waals surface area contributed by atoms with Gasteiger partial charge in [0.15, 0.2) is 0 Å². The van der Waals surface area contributed by atoms with Gasteiger partial charge in [0.2, 0.25) is 0 Å². The Kier molecular flexibility index (Phi) is 4.28. The molecule has 2 aromatic rings. The zero-order valence-electron chi connectivity index (χ0n) is 11.2. The lowest BCUT2D eigenvalue weighted by molar-refractivity contribution is 0.0939. The van der Waals surface area contributed by atoms with Crippen molar-refractivity contribution in [3.63, 3.8) is 0 Å². The SMILES string of the molecule is CCC(C)NC(=O)c1ccc(Cn2cncn2)cc1. The van der Waals surface area contributed by atoms with Gasteiger partial charge >= 0.3 is 0 Å². The number of hydrogen-bond donors (Lipinski definition) is 1. The van der Waals surface area contributed by atoms with Crippen LogP contribution in [0, 0.1) is 0 Å². The molecule has 0 aliphatic heterocycles. The summed E-state index contributed by atoms with van der Waals surface area (Å²) in [7, 11) is 0.